The summed E-state index contributed by atoms with van der Waals surface area (Å²) >= 11 is 12.1. The lowest BCUT2D eigenvalue weighted by atomic mass is 10.0. The number of esters is 1. The monoisotopic (exact) mass is 450 g/mol. The maximum atomic E-state index is 13.1. The zero-order valence-electron chi connectivity index (χ0n) is 15.4. The Morgan fingerprint density at radius 3 is 2.46 bits per heavy atom. The predicted molar refractivity (Wildman–Crippen MR) is 102 cm³/mol. The molecular weight excluding hydrogens is 431 g/mol. The van der Waals surface area contributed by atoms with E-state index in [1.807, 2.05) is 0 Å². The Hall–Kier alpha value is -1.55. The van der Waals surface area contributed by atoms with Crippen molar-refractivity contribution in [2.75, 3.05) is 26.8 Å². The Balaban J connectivity index is 1.77. The van der Waals surface area contributed by atoms with Gasteiger partial charge in [0.1, 0.15) is 11.5 Å². The number of rotatable bonds is 4. The van der Waals surface area contributed by atoms with Gasteiger partial charge >= 0.3 is 12.1 Å². The molecule has 2 fully saturated rings. The van der Waals surface area contributed by atoms with Crippen molar-refractivity contribution in [2.45, 2.75) is 36.7 Å². The number of methoxy groups -OCH3 is 1. The van der Waals surface area contributed by atoms with Crippen LogP contribution in [-0.4, -0.2) is 68.6 Å². The molecule has 8 nitrogen and oxygen atoms in total. The average Bonchev–Trinajstić information content (AvgIpc) is 3.01. The van der Waals surface area contributed by atoms with Gasteiger partial charge in [-0.2, -0.15) is 4.31 Å². The van der Waals surface area contributed by atoms with Gasteiger partial charge in [0.2, 0.25) is 10.0 Å². The zero-order chi connectivity index (χ0) is 20.6. The second-order valence-electron chi connectivity index (χ2n) is 6.69. The molecule has 154 valence electrons. The Bertz CT molecular complexity index is 876. The molecule has 2 heterocycles. The van der Waals surface area contributed by atoms with Crippen molar-refractivity contribution in [3.8, 4) is 0 Å². The van der Waals surface area contributed by atoms with E-state index in [1.165, 1.54) is 22.4 Å². The first-order chi connectivity index (χ1) is 13.2. The van der Waals surface area contributed by atoms with E-state index in [-0.39, 0.29) is 35.7 Å². The predicted octanol–water partition coefficient (Wildman–Crippen LogP) is 2.45. The van der Waals surface area contributed by atoms with Gasteiger partial charge in [0.15, 0.2) is 6.04 Å². The Kier molecular flexibility index (Phi) is 6.09. The van der Waals surface area contributed by atoms with E-state index in [0.717, 1.165) is 0 Å². The molecule has 1 amide bonds. The topological polar surface area (TPSA) is 93.2 Å². The molecule has 0 unspecified atom stereocenters. The highest BCUT2D eigenvalue weighted by Gasteiger charge is 2.45. The molecule has 28 heavy (non-hydrogen) atoms. The lowest BCUT2D eigenvalue weighted by Crippen LogP contribution is -2.51. The molecule has 0 aromatic heterocycles. The Morgan fingerprint density at radius 1 is 1.25 bits per heavy atom. The number of piperidine rings is 1. The van der Waals surface area contributed by atoms with E-state index in [0.29, 0.717) is 23.4 Å². The van der Waals surface area contributed by atoms with Gasteiger partial charge in [-0.05, 0) is 37.5 Å². The van der Waals surface area contributed by atoms with Gasteiger partial charge in [-0.3, -0.25) is 4.90 Å². The maximum absolute atomic E-state index is 13.1. The van der Waals surface area contributed by atoms with Crippen LogP contribution in [0.1, 0.15) is 18.4 Å². The van der Waals surface area contributed by atoms with Crippen LogP contribution in [0.25, 0.3) is 0 Å². The molecule has 0 radical (unpaired) electrons. The average molecular weight is 451 g/mol. The quantitative estimate of drug-likeness (QED) is 0.653. The van der Waals surface area contributed by atoms with Crippen LogP contribution >= 0.6 is 23.2 Å². The number of sulfonamides is 1. The van der Waals surface area contributed by atoms with Crippen LogP contribution in [0, 0.1) is 6.92 Å². The first-order valence-corrected chi connectivity index (χ1v) is 10.8. The number of ether oxygens (including phenoxy) is 2. The molecule has 3 rings (SSSR count). The molecule has 2 saturated heterocycles. The first kappa shape index (κ1) is 21.2. The van der Waals surface area contributed by atoms with Crippen LogP contribution in [0.3, 0.4) is 0 Å². The van der Waals surface area contributed by atoms with Crippen LogP contribution in [-0.2, 0) is 24.3 Å². The van der Waals surface area contributed by atoms with Crippen LogP contribution < -0.4 is 0 Å². The summed E-state index contributed by atoms with van der Waals surface area (Å²) in [6.07, 6.45) is 0.145. The summed E-state index contributed by atoms with van der Waals surface area (Å²) in [7, 11) is -2.57. The normalized spacial score (nSPS) is 21.6. The molecule has 0 N–H and O–H groups in total. The highest BCUT2D eigenvalue weighted by atomic mass is 35.5. The van der Waals surface area contributed by atoms with Gasteiger partial charge in [-0.1, -0.05) is 23.2 Å². The van der Waals surface area contributed by atoms with Crippen LogP contribution in [0.2, 0.25) is 10.0 Å². The molecular formula is C17H20Cl2N2O6S. The lowest BCUT2D eigenvalue weighted by Gasteiger charge is -2.36. The highest BCUT2D eigenvalue weighted by molar-refractivity contribution is 7.89. The van der Waals surface area contributed by atoms with E-state index in [2.05, 4.69) is 0 Å². The summed E-state index contributed by atoms with van der Waals surface area (Å²) in [5.74, 6) is -0.551. The summed E-state index contributed by atoms with van der Waals surface area (Å²) in [6.45, 7) is 1.94. The number of nitrogens with zero attached hydrogens (tertiary/aromatic N) is 2. The zero-order valence-corrected chi connectivity index (χ0v) is 17.7. The third kappa shape index (κ3) is 3.80. The van der Waals surface area contributed by atoms with Crippen molar-refractivity contribution in [3.05, 3.63) is 27.7 Å². The third-order valence-electron chi connectivity index (χ3n) is 4.99. The molecule has 2 aliphatic rings. The second-order valence-corrected chi connectivity index (χ2v) is 9.41. The summed E-state index contributed by atoms with van der Waals surface area (Å²) in [4.78, 5) is 25.3. The number of cyclic esters (lactones) is 1. The summed E-state index contributed by atoms with van der Waals surface area (Å²) in [6, 6.07) is 1.83. The van der Waals surface area contributed by atoms with E-state index in [1.54, 1.807) is 13.0 Å². The third-order valence-corrected chi connectivity index (χ3v) is 7.72. The number of hydrogen-bond acceptors (Lipinski definition) is 6. The minimum absolute atomic E-state index is 0.0324. The molecule has 1 aromatic carbocycles. The maximum Gasteiger partial charge on any atom is 0.410 e. The molecule has 0 bridgehead atoms. The van der Waals surface area contributed by atoms with Gasteiger partial charge in [0.25, 0.3) is 0 Å². The fraction of sp³-hybridized carbons (Fsp3) is 0.529. The molecule has 0 spiro atoms. The van der Waals surface area contributed by atoms with Gasteiger partial charge < -0.3 is 9.47 Å². The first-order valence-electron chi connectivity index (χ1n) is 8.65. The molecule has 1 aromatic rings. The van der Waals surface area contributed by atoms with Crippen molar-refractivity contribution in [1.29, 1.82) is 0 Å². The van der Waals surface area contributed by atoms with E-state index in [9.17, 15) is 18.0 Å². The Labute approximate surface area is 173 Å². The van der Waals surface area contributed by atoms with Crippen molar-refractivity contribution in [3.63, 3.8) is 0 Å². The van der Waals surface area contributed by atoms with Crippen molar-refractivity contribution in [2.24, 2.45) is 0 Å². The standard InChI is InChI=1S/C17H20Cl2N2O6S/c1-10-7-11(18)8-13(19)15(10)28(24,25)20-5-3-12(4-6-20)21-14(16(22)26-2)9-27-17(21)23/h7-8,12,14H,3-6,9H2,1-2H3/t14-/m0/s1. The van der Waals surface area contributed by atoms with E-state index >= 15 is 0 Å². The number of halogens is 2. The van der Waals surface area contributed by atoms with Crippen LogP contribution in [0.4, 0.5) is 4.79 Å². The second kappa shape index (κ2) is 8.06. The van der Waals surface area contributed by atoms with Crippen LogP contribution in [0.15, 0.2) is 17.0 Å². The summed E-state index contributed by atoms with van der Waals surface area (Å²) < 4.78 is 37.2. The van der Waals surface area contributed by atoms with E-state index < -0.39 is 28.1 Å². The molecule has 0 saturated carbocycles. The number of carbonyl (C=O) groups is 2. The number of aryl methyl sites for hydroxylation is 1. The Morgan fingerprint density at radius 2 is 1.89 bits per heavy atom. The van der Waals surface area contributed by atoms with Gasteiger partial charge in [-0.15, -0.1) is 0 Å². The molecule has 1 atom stereocenters. The SMILES string of the molecule is COC(=O)[C@@H]1COC(=O)N1C1CCN(S(=O)(=O)c2c(C)cc(Cl)cc2Cl)CC1. The smallest absolute Gasteiger partial charge is 0.410 e. The van der Waals surface area contributed by atoms with Gasteiger partial charge in [-0.25, -0.2) is 18.0 Å². The fourth-order valence-corrected chi connectivity index (χ4v) is 6.27. The van der Waals surface area contributed by atoms with Crippen molar-refractivity contribution < 1.29 is 27.5 Å². The number of amides is 1. The molecule has 0 aliphatic carbocycles. The highest BCUT2D eigenvalue weighted by Crippen LogP contribution is 2.33. The molecule has 11 heteroatoms. The van der Waals surface area contributed by atoms with E-state index in [4.69, 9.17) is 32.7 Å². The number of benzene rings is 1. The summed E-state index contributed by atoms with van der Waals surface area (Å²) in [5, 5.41) is 0.433. The van der Waals surface area contributed by atoms with Gasteiger partial charge in [0, 0.05) is 24.2 Å². The van der Waals surface area contributed by atoms with Crippen molar-refractivity contribution >= 4 is 45.3 Å². The van der Waals surface area contributed by atoms with Crippen molar-refractivity contribution in [1.82, 2.24) is 9.21 Å². The van der Waals surface area contributed by atoms with Gasteiger partial charge in [0.05, 0.1) is 12.1 Å². The summed E-state index contributed by atoms with van der Waals surface area (Å²) in [5.41, 5.74) is 0.466. The fourth-order valence-electron chi connectivity index (χ4n) is 3.66. The number of hydrogen-bond donors (Lipinski definition) is 0. The minimum atomic E-state index is -3.82. The number of carbonyl (C=O) groups excluding carboxylic acids is 2. The molecule has 2 aliphatic heterocycles. The largest absolute Gasteiger partial charge is 0.467 e. The lowest BCUT2D eigenvalue weighted by molar-refractivity contribution is -0.145. The van der Waals surface area contributed by atoms with Crippen LogP contribution in [0.5, 0.6) is 0 Å². The minimum Gasteiger partial charge on any atom is -0.467 e.